The Labute approximate surface area is 152 Å². The van der Waals surface area contributed by atoms with E-state index in [0.29, 0.717) is 0 Å². The van der Waals surface area contributed by atoms with Crippen molar-refractivity contribution < 1.29 is 17.4 Å². The molecule has 0 aliphatic heterocycles. The van der Waals surface area contributed by atoms with Crippen LogP contribution in [0.15, 0.2) is 10.9 Å². The Hall–Kier alpha value is -1.74. The Morgan fingerprint density at radius 2 is 1.81 bits per heavy atom. The van der Waals surface area contributed by atoms with E-state index < -0.39 is 39.1 Å². The number of nitrogens with one attached hydrogen (secondary N) is 2. The number of hydrogen-bond donors (Lipinski definition) is 2. The molecule has 1 aromatic heterocycles. The van der Waals surface area contributed by atoms with Gasteiger partial charge in [0.05, 0.1) is 32.2 Å². The molecule has 2 atom stereocenters. The molecule has 0 fully saturated rings. The van der Waals surface area contributed by atoms with E-state index in [9.17, 15) is 22.2 Å². The minimum Gasteiger partial charge on any atom is -0.310 e. The van der Waals surface area contributed by atoms with E-state index in [2.05, 4.69) is 14.7 Å². The highest BCUT2D eigenvalue weighted by Gasteiger charge is 2.37. The predicted octanol–water partition coefficient (Wildman–Crippen LogP) is 3.67. The van der Waals surface area contributed by atoms with Gasteiger partial charge < -0.3 is 4.98 Å². The molecule has 2 rings (SSSR count). The van der Waals surface area contributed by atoms with Gasteiger partial charge in [-0.25, -0.2) is 13.9 Å². The number of fused-ring (bicyclic) bond motifs is 1. The van der Waals surface area contributed by atoms with Gasteiger partial charge in [0, 0.05) is 6.04 Å². The maximum absolute atomic E-state index is 13.7. The third-order valence-corrected chi connectivity index (χ3v) is 5.67. The quantitative estimate of drug-likeness (QED) is 0.841. The number of aryl methyl sites for hydroxylation is 2. The summed E-state index contributed by atoms with van der Waals surface area (Å²) in [5.41, 5.74) is -1.31. The van der Waals surface area contributed by atoms with Crippen LogP contribution < -0.4 is 10.3 Å². The maximum Gasteiger partial charge on any atom is 0.416 e. The van der Waals surface area contributed by atoms with E-state index in [1.54, 1.807) is 20.8 Å². The number of aromatic nitrogens is 2. The number of H-pyrrole nitrogens is 1. The smallest absolute Gasteiger partial charge is 0.310 e. The minimum absolute atomic E-state index is 0.0102. The molecule has 0 aliphatic carbocycles. The van der Waals surface area contributed by atoms with Crippen molar-refractivity contribution in [1.82, 2.24) is 14.7 Å². The normalized spacial score (nSPS) is 15.3. The van der Waals surface area contributed by atoms with Gasteiger partial charge in [-0.05, 0) is 58.7 Å². The molecule has 5 nitrogen and oxygen atoms in total. The van der Waals surface area contributed by atoms with Gasteiger partial charge >= 0.3 is 6.18 Å². The van der Waals surface area contributed by atoms with Gasteiger partial charge in [-0.2, -0.15) is 13.2 Å². The second-order valence-corrected chi connectivity index (χ2v) is 9.22. The number of hydrogen-bond acceptors (Lipinski definition) is 3. The van der Waals surface area contributed by atoms with Crippen LogP contribution in [0.25, 0.3) is 10.9 Å². The fraction of sp³-hybridized carbons (Fsp3) is 0.529. The van der Waals surface area contributed by atoms with Crippen LogP contribution in [0.5, 0.6) is 0 Å². The second kappa shape index (κ2) is 6.77. The Kier molecular flexibility index (Phi) is 5.36. The summed E-state index contributed by atoms with van der Waals surface area (Å²) >= 11 is 0. The largest absolute Gasteiger partial charge is 0.416 e. The van der Waals surface area contributed by atoms with Gasteiger partial charge in [0.25, 0.3) is 5.56 Å². The van der Waals surface area contributed by atoms with E-state index in [0.717, 1.165) is 6.07 Å². The SMILES string of the molecule is Cc1nc2cc(C(F)(F)F)c([C@H](C)NS(=O)C(C)(C)C)c(C)c2c(=O)[nH]1. The molecule has 0 spiro atoms. The molecule has 0 amide bonds. The standard InChI is InChI=1S/C17H22F3N3O2S/c1-8-13(9(2)23-26(25)16(4,5)6)11(17(18,19)20)7-12-14(8)15(24)22-10(3)21-12/h7,9,23H,1-6H3,(H,21,22,24)/t9-,26?/m0/s1. The van der Waals surface area contributed by atoms with Crippen LogP contribution >= 0.6 is 0 Å². The molecule has 0 saturated heterocycles. The van der Waals surface area contributed by atoms with E-state index >= 15 is 0 Å². The van der Waals surface area contributed by atoms with Crippen molar-refractivity contribution in [3.63, 3.8) is 0 Å². The molecule has 9 heteroatoms. The Morgan fingerprint density at radius 1 is 1.23 bits per heavy atom. The number of benzene rings is 1. The van der Waals surface area contributed by atoms with E-state index in [1.165, 1.54) is 20.8 Å². The van der Waals surface area contributed by atoms with Crippen molar-refractivity contribution >= 4 is 21.9 Å². The van der Waals surface area contributed by atoms with Crippen LogP contribution in [0.3, 0.4) is 0 Å². The summed E-state index contributed by atoms with van der Waals surface area (Å²) in [5.74, 6) is 0.239. The molecular formula is C17H22F3N3O2S. The Balaban J connectivity index is 2.76. The molecule has 1 unspecified atom stereocenters. The van der Waals surface area contributed by atoms with Crippen molar-refractivity contribution in [3.05, 3.63) is 38.9 Å². The summed E-state index contributed by atoms with van der Waals surface area (Å²) in [7, 11) is -1.57. The highest BCUT2D eigenvalue weighted by atomic mass is 32.2. The van der Waals surface area contributed by atoms with E-state index in [-0.39, 0.29) is 27.9 Å². The molecule has 1 heterocycles. The number of nitrogens with zero attached hydrogens (tertiary/aromatic N) is 1. The van der Waals surface area contributed by atoms with E-state index in [4.69, 9.17) is 0 Å². The van der Waals surface area contributed by atoms with Crippen LogP contribution in [0.1, 0.15) is 56.3 Å². The van der Waals surface area contributed by atoms with Gasteiger partial charge in [0.15, 0.2) is 0 Å². The van der Waals surface area contributed by atoms with Crippen molar-refractivity contribution in [2.45, 2.75) is 58.5 Å². The van der Waals surface area contributed by atoms with Gasteiger partial charge in [0.2, 0.25) is 0 Å². The van der Waals surface area contributed by atoms with Gasteiger partial charge in [-0.3, -0.25) is 4.79 Å². The first-order chi connectivity index (χ1) is 11.7. The highest BCUT2D eigenvalue weighted by Crippen LogP contribution is 2.38. The number of halogens is 3. The van der Waals surface area contributed by atoms with Crippen molar-refractivity contribution in [2.24, 2.45) is 0 Å². The summed E-state index contributed by atoms with van der Waals surface area (Å²) < 4.78 is 55.4. The van der Waals surface area contributed by atoms with Gasteiger partial charge in [-0.1, -0.05) is 0 Å². The average Bonchev–Trinajstić information content (AvgIpc) is 2.43. The van der Waals surface area contributed by atoms with Crippen LogP contribution in [0, 0.1) is 13.8 Å². The lowest BCUT2D eigenvalue weighted by Gasteiger charge is -2.26. The van der Waals surface area contributed by atoms with Gasteiger partial charge in [0.1, 0.15) is 5.82 Å². The molecule has 0 saturated carbocycles. The highest BCUT2D eigenvalue weighted by molar-refractivity contribution is 7.84. The first-order valence-electron chi connectivity index (χ1n) is 8.03. The molecule has 1 aromatic carbocycles. The van der Waals surface area contributed by atoms with E-state index in [1.807, 2.05) is 0 Å². The average molecular weight is 389 g/mol. The first kappa shape index (κ1) is 20.6. The summed E-state index contributed by atoms with van der Waals surface area (Å²) in [4.78, 5) is 18.8. The summed E-state index contributed by atoms with van der Waals surface area (Å²) in [6, 6.07) is 0.00902. The molecule has 0 bridgehead atoms. The molecule has 0 radical (unpaired) electrons. The monoisotopic (exact) mass is 389 g/mol. The predicted molar refractivity (Wildman–Crippen MR) is 96.3 cm³/mol. The number of aromatic amines is 1. The first-order valence-corrected chi connectivity index (χ1v) is 9.18. The summed E-state index contributed by atoms with van der Waals surface area (Å²) in [6.45, 7) is 9.63. The third kappa shape index (κ3) is 3.98. The number of alkyl halides is 3. The number of rotatable bonds is 3. The molecule has 2 N–H and O–H groups in total. The molecule has 144 valence electrons. The van der Waals surface area contributed by atoms with Crippen molar-refractivity contribution in [3.8, 4) is 0 Å². The van der Waals surface area contributed by atoms with Gasteiger partial charge in [-0.15, -0.1) is 0 Å². The zero-order valence-corrected chi connectivity index (χ0v) is 16.3. The molecule has 26 heavy (non-hydrogen) atoms. The fourth-order valence-corrected chi connectivity index (χ4v) is 3.61. The lowest BCUT2D eigenvalue weighted by Crippen LogP contribution is -2.35. The third-order valence-electron chi connectivity index (χ3n) is 3.99. The van der Waals surface area contributed by atoms with Crippen molar-refractivity contribution in [1.29, 1.82) is 0 Å². The molecule has 2 aromatic rings. The zero-order chi connectivity index (χ0) is 20.0. The van der Waals surface area contributed by atoms with Crippen LogP contribution in [0.2, 0.25) is 0 Å². The fourth-order valence-electron chi connectivity index (χ4n) is 2.81. The summed E-state index contributed by atoms with van der Waals surface area (Å²) in [5, 5.41) is 0.105. The van der Waals surface area contributed by atoms with Crippen LogP contribution in [-0.4, -0.2) is 18.9 Å². The lowest BCUT2D eigenvalue weighted by molar-refractivity contribution is -0.138. The molecular weight excluding hydrogens is 367 g/mol. The minimum atomic E-state index is -4.63. The second-order valence-electron chi connectivity index (χ2n) is 7.23. The lowest BCUT2D eigenvalue weighted by atomic mass is 9.93. The van der Waals surface area contributed by atoms with Crippen LogP contribution in [-0.2, 0) is 17.2 Å². The Bertz CT molecular complexity index is 930. The van der Waals surface area contributed by atoms with Crippen molar-refractivity contribution in [2.75, 3.05) is 0 Å². The summed E-state index contributed by atoms with van der Waals surface area (Å²) in [6.07, 6.45) is -4.63. The Morgan fingerprint density at radius 3 is 2.31 bits per heavy atom. The van der Waals surface area contributed by atoms with Crippen LogP contribution in [0.4, 0.5) is 13.2 Å². The molecule has 0 aliphatic rings. The maximum atomic E-state index is 13.7. The topological polar surface area (TPSA) is 74.8 Å². The zero-order valence-electron chi connectivity index (χ0n) is 15.5.